The number of amides is 3. The summed E-state index contributed by atoms with van der Waals surface area (Å²) in [5, 5.41) is 4.98. The maximum atomic E-state index is 12.5. The van der Waals surface area contributed by atoms with E-state index in [0.29, 0.717) is 0 Å². The summed E-state index contributed by atoms with van der Waals surface area (Å²) in [5.74, 6) is -1.42. The summed E-state index contributed by atoms with van der Waals surface area (Å²) in [6.07, 6.45) is 4.86. The van der Waals surface area contributed by atoms with E-state index >= 15 is 0 Å². The minimum atomic E-state index is -0.621. The molecule has 26 heavy (non-hydrogen) atoms. The van der Waals surface area contributed by atoms with Crippen LogP contribution in [0.25, 0.3) is 0 Å². The molecule has 2 unspecified atom stereocenters. The van der Waals surface area contributed by atoms with Gasteiger partial charge in [-0.1, -0.05) is 63.4 Å². The van der Waals surface area contributed by atoms with Crippen LogP contribution in [-0.4, -0.2) is 30.6 Å². The number of hydrogen-bond acceptors (Lipinski definition) is 4. The molecule has 2 atom stereocenters. The van der Waals surface area contributed by atoms with Gasteiger partial charge in [0, 0.05) is 6.04 Å². The molecule has 0 heterocycles. The molecular weight excluding hydrogens is 332 g/mol. The minimum Gasteiger partial charge on any atom is -0.455 e. The zero-order valence-electron chi connectivity index (χ0n) is 15.5. The van der Waals surface area contributed by atoms with Crippen molar-refractivity contribution in [1.82, 2.24) is 10.6 Å². The first-order valence-corrected chi connectivity index (χ1v) is 9.33. The van der Waals surface area contributed by atoms with Gasteiger partial charge in [0.05, 0.1) is 5.92 Å². The highest BCUT2D eigenvalue weighted by atomic mass is 16.5. The van der Waals surface area contributed by atoms with Crippen molar-refractivity contribution < 1.29 is 19.1 Å². The molecule has 0 saturated heterocycles. The summed E-state index contributed by atoms with van der Waals surface area (Å²) in [6, 6.07) is 8.99. The third-order valence-corrected chi connectivity index (χ3v) is 4.91. The van der Waals surface area contributed by atoms with Gasteiger partial charge >= 0.3 is 12.0 Å². The Kier molecular flexibility index (Phi) is 7.63. The van der Waals surface area contributed by atoms with Crippen LogP contribution in [0, 0.1) is 5.92 Å². The van der Waals surface area contributed by atoms with E-state index in [1.54, 1.807) is 0 Å². The van der Waals surface area contributed by atoms with Crippen LogP contribution in [0.15, 0.2) is 30.3 Å². The first kappa shape index (κ1) is 19.9. The molecule has 2 N–H and O–H groups in total. The van der Waals surface area contributed by atoms with Crippen molar-refractivity contribution in [3.8, 4) is 0 Å². The van der Waals surface area contributed by atoms with E-state index in [4.69, 9.17) is 4.74 Å². The fourth-order valence-corrected chi connectivity index (χ4v) is 3.27. The molecule has 1 saturated carbocycles. The molecule has 3 amide bonds. The van der Waals surface area contributed by atoms with Gasteiger partial charge < -0.3 is 10.1 Å². The molecule has 142 valence electrons. The molecule has 1 fully saturated rings. The number of nitrogens with one attached hydrogen (secondary N) is 2. The van der Waals surface area contributed by atoms with Crippen molar-refractivity contribution in [2.75, 3.05) is 6.61 Å². The topological polar surface area (TPSA) is 84.5 Å². The summed E-state index contributed by atoms with van der Waals surface area (Å²) in [7, 11) is 0. The second-order valence-electron chi connectivity index (χ2n) is 6.88. The van der Waals surface area contributed by atoms with E-state index < -0.39 is 30.4 Å². The number of carbonyl (C=O) groups excluding carboxylic acids is 3. The fourth-order valence-electron chi connectivity index (χ4n) is 3.27. The molecule has 1 aliphatic rings. The lowest BCUT2D eigenvalue weighted by Gasteiger charge is -2.21. The normalized spacial score (nSPS) is 16.5. The number of carbonyl (C=O) groups is 3. The van der Waals surface area contributed by atoms with E-state index in [9.17, 15) is 14.4 Å². The fraction of sp³-hybridized carbons (Fsp3) is 0.550. The van der Waals surface area contributed by atoms with Gasteiger partial charge in [0.2, 0.25) is 0 Å². The van der Waals surface area contributed by atoms with E-state index in [2.05, 4.69) is 10.6 Å². The van der Waals surface area contributed by atoms with Crippen molar-refractivity contribution in [3.05, 3.63) is 35.9 Å². The predicted molar refractivity (Wildman–Crippen MR) is 98.5 cm³/mol. The average Bonchev–Trinajstić information content (AvgIpc) is 3.13. The molecule has 0 radical (unpaired) electrons. The highest BCUT2D eigenvalue weighted by Crippen LogP contribution is 2.28. The van der Waals surface area contributed by atoms with Gasteiger partial charge in [-0.2, -0.15) is 0 Å². The van der Waals surface area contributed by atoms with Gasteiger partial charge in [-0.05, 0) is 24.3 Å². The van der Waals surface area contributed by atoms with Gasteiger partial charge in [-0.25, -0.2) is 4.79 Å². The van der Waals surface area contributed by atoms with E-state index in [1.165, 1.54) is 0 Å². The van der Waals surface area contributed by atoms with Gasteiger partial charge in [0.25, 0.3) is 5.91 Å². The molecule has 1 aromatic carbocycles. The maximum absolute atomic E-state index is 12.5. The SMILES string of the molecule is CCC(C)C(C(=O)OCC(=O)NC(=O)NC1CCCC1)c1ccccc1. The van der Waals surface area contributed by atoms with Crippen LogP contribution in [-0.2, 0) is 14.3 Å². The van der Waals surface area contributed by atoms with Crippen LogP contribution in [0.2, 0.25) is 0 Å². The minimum absolute atomic E-state index is 0.0821. The Hall–Kier alpha value is -2.37. The Morgan fingerprint density at radius 2 is 1.81 bits per heavy atom. The smallest absolute Gasteiger partial charge is 0.321 e. The average molecular weight is 360 g/mol. The standard InChI is InChI=1S/C20H28N2O4/c1-3-14(2)18(15-9-5-4-6-10-15)19(24)26-13-17(23)22-20(25)21-16-11-7-8-12-16/h4-6,9-10,14,16,18H,3,7-8,11-13H2,1-2H3,(H2,21,22,23,25). The zero-order chi connectivity index (χ0) is 18.9. The van der Waals surface area contributed by atoms with Crippen LogP contribution in [0.1, 0.15) is 57.4 Å². The monoisotopic (exact) mass is 360 g/mol. The van der Waals surface area contributed by atoms with Crippen molar-refractivity contribution >= 4 is 17.9 Å². The molecule has 6 nitrogen and oxygen atoms in total. The summed E-state index contributed by atoms with van der Waals surface area (Å²) in [4.78, 5) is 36.2. The van der Waals surface area contributed by atoms with Crippen LogP contribution >= 0.6 is 0 Å². The number of ether oxygens (including phenoxy) is 1. The third kappa shape index (κ3) is 5.86. The summed E-state index contributed by atoms with van der Waals surface area (Å²) < 4.78 is 5.18. The molecule has 0 aromatic heterocycles. The Balaban J connectivity index is 1.84. The van der Waals surface area contributed by atoms with Crippen LogP contribution in [0.3, 0.4) is 0 Å². The highest BCUT2D eigenvalue weighted by Gasteiger charge is 2.28. The van der Waals surface area contributed by atoms with Crippen LogP contribution in [0.5, 0.6) is 0 Å². The Morgan fingerprint density at radius 1 is 1.15 bits per heavy atom. The number of urea groups is 1. The lowest BCUT2D eigenvalue weighted by atomic mass is 9.86. The highest BCUT2D eigenvalue weighted by molar-refractivity contribution is 5.95. The molecule has 6 heteroatoms. The molecule has 1 aromatic rings. The Labute approximate surface area is 154 Å². The zero-order valence-corrected chi connectivity index (χ0v) is 15.5. The largest absolute Gasteiger partial charge is 0.455 e. The van der Waals surface area contributed by atoms with Crippen molar-refractivity contribution in [1.29, 1.82) is 0 Å². The van der Waals surface area contributed by atoms with Crippen molar-refractivity contribution in [2.24, 2.45) is 5.92 Å². The Morgan fingerprint density at radius 3 is 2.42 bits per heavy atom. The van der Waals surface area contributed by atoms with Gasteiger partial charge in [0.15, 0.2) is 6.61 Å². The quantitative estimate of drug-likeness (QED) is 0.732. The second-order valence-corrected chi connectivity index (χ2v) is 6.88. The number of rotatable bonds is 7. The first-order valence-electron chi connectivity index (χ1n) is 9.33. The van der Waals surface area contributed by atoms with Gasteiger partial charge in [-0.15, -0.1) is 0 Å². The molecule has 2 rings (SSSR count). The maximum Gasteiger partial charge on any atom is 0.321 e. The second kappa shape index (κ2) is 9.94. The lowest BCUT2D eigenvalue weighted by molar-refractivity contribution is -0.151. The number of benzene rings is 1. The number of hydrogen-bond donors (Lipinski definition) is 2. The van der Waals surface area contributed by atoms with Gasteiger partial charge in [-0.3, -0.25) is 14.9 Å². The predicted octanol–water partition coefficient (Wildman–Crippen LogP) is 3.13. The summed E-state index contributed by atoms with van der Waals surface area (Å²) >= 11 is 0. The summed E-state index contributed by atoms with van der Waals surface area (Å²) in [5.41, 5.74) is 0.867. The van der Waals surface area contributed by atoms with E-state index in [-0.39, 0.29) is 12.0 Å². The summed E-state index contributed by atoms with van der Waals surface area (Å²) in [6.45, 7) is 3.53. The number of esters is 1. The van der Waals surface area contributed by atoms with Gasteiger partial charge in [0.1, 0.15) is 0 Å². The van der Waals surface area contributed by atoms with E-state index in [0.717, 1.165) is 37.7 Å². The third-order valence-electron chi connectivity index (χ3n) is 4.91. The molecule has 0 spiro atoms. The molecule has 0 aliphatic heterocycles. The Bertz CT molecular complexity index is 611. The van der Waals surface area contributed by atoms with Crippen molar-refractivity contribution in [3.63, 3.8) is 0 Å². The lowest BCUT2D eigenvalue weighted by Crippen LogP contribution is -2.45. The molecule has 1 aliphatic carbocycles. The molecule has 0 bridgehead atoms. The first-order chi connectivity index (χ1) is 12.5. The van der Waals surface area contributed by atoms with E-state index in [1.807, 2.05) is 44.2 Å². The van der Waals surface area contributed by atoms with Crippen molar-refractivity contribution in [2.45, 2.75) is 57.9 Å². The number of imide groups is 1. The van der Waals surface area contributed by atoms with Crippen LogP contribution in [0.4, 0.5) is 4.79 Å². The molecular formula is C20H28N2O4. The van der Waals surface area contributed by atoms with Crippen LogP contribution < -0.4 is 10.6 Å².